The van der Waals surface area contributed by atoms with Crippen molar-refractivity contribution in [3.05, 3.63) is 89.5 Å². The summed E-state index contributed by atoms with van der Waals surface area (Å²) in [5.74, 6) is -0.196. The molecule has 0 spiro atoms. The van der Waals surface area contributed by atoms with Crippen LogP contribution in [0.3, 0.4) is 0 Å². The first-order valence-electron chi connectivity index (χ1n) is 12.3. The van der Waals surface area contributed by atoms with Crippen LogP contribution in [0.2, 0.25) is 0 Å². The summed E-state index contributed by atoms with van der Waals surface area (Å²) in [7, 11) is -2.53. The van der Waals surface area contributed by atoms with Gasteiger partial charge in [0.2, 0.25) is 15.9 Å². The topological polar surface area (TPSA) is 105 Å². The largest absolute Gasteiger partial charge is 0.495 e. The van der Waals surface area contributed by atoms with Gasteiger partial charge < -0.3 is 15.0 Å². The Kier molecular flexibility index (Phi) is 8.58. The van der Waals surface area contributed by atoms with Crippen LogP contribution in [-0.2, 0) is 27.7 Å². The highest BCUT2D eigenvalue weighted by molar-refractivity contribution is 7.89. The third kappa shape index (κ3) is 6.96. The Balaban J connectivity index is 1.41. The molecule has 3 aromatic carbocycles. The van der Waals surface area contributed by atoms with E-state index in [0.29, 0.717) is 18.5 Å². The van der Waals surface area contributed by atoms with Crippen LogP contribution < -0.4 is 14.8 Å². The number of likely N-dealkylation sites (tertiary alicyclic amines) is 1. The molecule has 0 aliphatic carbocycles. The second-order valence-electron chi connectivity index (χ2n) is 8.91. The maximum atomic E-state index is 13.0. The van der Waals surface area contributed by atoms with E-state index in [9.17, 15) is 18.0 Å². The van der Waals surface area contributed by atoms with Gasteiger partial charge in [-0.25, -0.2) is 13.1 Å². The minimum Gasteiger partial charge on any atom is -0.495 e. The number of nitrogens with zero attached hydrogens (tertiary/aromatic N) is 1. The summed E-state index contributed by atoms with van der Waals surface area (Å²) in [5.41, 5.74) is 2.60. The van der Waals surface area contributed by atoms with E-state index in [1.54, 1.807) is 12.1 Å². The second kappa shape index (κ2) is 12.0. The van der Waals surface area contributed by atoms with Gasteiger partial charge in [0.15, 0.2) is 0 Å². The van der Waals surface area contributed by atoms with Gasteiger partial charge in [-0.15, -0.1) is 0 Å². The highest BCUT2D eigenvalue weighted by atomic mass is 32.2. The number of benzene rings is 3. The van der Waals surface area contributed by atoms with E-state index in [1.165, 1.54) is 25.3 Å². The maximum absolute atomic E-state index is 13.0. The normalized spacial score (nSPS) is 13.4. The van der Waals surface area contributed by atoms with Crippen LogP contribution in [0.25, 0.3) is 0 Å². The summed E-state index contributed by atoms with van der Waals surface area (Å²) < 4.78 is 33.8. The van der Waals surface area contributed by atoms with Gasteiger partial charge in [-0.2, -0.15) is 0 Å². The van der Waals surface area contributed by atoms with Gasteiger partial charge in [0.25, 0.3) is 5.91 Å². The van der Waals surface area contributed by atoms with E-state index in [-0.39, 0.29) is 28.7 Å². The van der Waals surface area contributed by atoms with Gasteiger partial charge in [0.1, 0.15) is 10.6 Å². The van der Waals surface area contributed by atoms with Crippen molar-refractivity contribution < 1.29 is 22.7 Å². The molecular weight excluding hydrogens is 490 g/mol. The second-order valence-corrected chi connectivity index (χ2v) is 10.7. The van der Waals surface area contributed by atoms with Crippen molar-refractivity contribution in [3.63, 3.8) is 0 Å². The molecule has 4 rings (SSSR count). The predicted octanol–water partition coefficient (Wildman–Crippen LogP) is 3.63. The van der Waals surface area contributed by atoms with E-state index in [0.717, 1.165) is 37.1 Å². The molecule has 2 amide bonds. The molecule has 9 heteroatoms. The van der Waals surface area contributed by atoms with Crippen LogP contribution in [0, 0.1) is 0 Å². The number of hydrogen-bond acceptors (Lipinski definition) is 5. The lowest BCUT2D eigenvalue weighted by Crippen LogP contribution is -2.29. The molecule has 0 aromatic heterocycles. The molecule has 0 radical (unpaired) electrons. The van der Waals surface area contributed by atoms with Crippen molar-refractivity contribution in [2.45, 2.75) is 30.6 Å². The minimum absolute atomic E-state index is 0.105. The number of anilines is 1. The summed E-state index contributed by atoms with van der Waals surface area (Å²) in [6.45, 7) is 1.84. The fraction of sp³-hybridized carbons (Fsp3) is 0.286. The van der Waals surface area contributed by atoms with E-state index in [4.69, 9.17) is 4.74 Å². The van der Waals surface area contributed by atoms with Crippen molar-refractivity contribution in [1.82, 2.24) is 9.62 Å². The van der Waals surface area contributed by atoms with Crippen molar-refractivity contribution in [1.29, 1.82) is 0 Å². The summed E-state index contributed by atoms with van der Waals surface area (Å²) in [4.78, 5) is 27.0. The van der Waals surface area contributed by atoms with Crippen LogP contribution in [0.4, 0.5) is 5.69 Å². The highest BCUT2D eigenvalue weighted by Gasteiger charge is 2.22. The van der Waals surface area contributed by atoms with Gasteiger partial charge in [-0.1, -0.05) is 42.5 Å². The van der Waals surface area contributed by atoms with Gasteiger partial charge in [0.05, 0.1) is 13.5 Å². The number of ether oxygens (including phenoxy) is 1. The van der Waals surface area contributed by atoms with Crippen LogP contribution in [0.15, 0.2) is 77.7 Å². The molecule has 0 atom stereocenters. The Bertz CT molecular complexity index is 1340. The quantitative estimate of drug-likeness (QED) is 0.424. The SMILES string of the molecule is COc1ccc(C(=O)Nc2ccc(CC(=O)N3CCCC3)cc2)cc1S(=O)(=O)NCCc1ccccc1. The van der Waals surface area contributed by atoms with Crippen molar-refractivity contribution in [3.8, 4) is 5.75 Å². The van der Waals surface area contributed by atoms with Crippen molar-refractivity contribution in [2.75, 3.05) is 32.1 Å². The Morgan fingerprint density at radius 1 is 0.919 bits per heavy atom. The number of hydrogen-bond donors (Lipinski definition) is 2. The highest BCUT2D eigenvalue weighted by Crippen LogP contribution is 2.25. The standard InChI is InChI=1S/C28H31N3O5S/c1-36-25-14-11-23(20-26(25)37(34,35)29-16-15-21-7-3-2-4-8-21)28(33)30-24-12-9-22(10-13-24)19-27(32)31-17-5-6-18-31/h2-4,7-14,20,29H,5-6,15-19H2,1H3,(H,30,33). The zero-order valence-corrected chi connectivity index (χ0v) is 21.6. The minimum atomic E-state index is -3.92. The molecule has 1 fully saturated rings. The predicted molar refractivity (Wildman–Crippen MR) is 142 cm³/mol. The fourth-order valence-electron chi connectivity index (χ4n) is 4.24. The Morgan fingerprint density at radius 3 is 2.30 bits per heavy atom. The monoisotopic (exact) mass is 521 g/mol. The van der Waals surface area contributed by atoms with Gasteiger partial charge in [-0.05, 0) is 60.7 Å². The first-order chi connectivity index (χ1) is 17.9. The fourth-order valence-corrected chi connectivity index (χ4v) is 5.47. The van der Waals surface area contributed by atoms with E-state index in [1.807, 2.05) is 47.4 Å². The van der Waals surface area contributed by atoms with Crippen LogP contribution >= 0.6 is 0 Å². The summed E-state index contributed by atoms with van der Waals surface area (Å²) in [5, 5.41) is 2.78. The lowest BCUT2D eigenvalue weighted by atomic mass is 10.1. The number of nitrogens with one attached hydrogen (secondary N) is 2. The third-order valence-electron chi connectivity index (χ3n) is 6.29. The molecule has 3 aromatic rings. The summed E-state index contributed by atoms with van der Waals surface area (Å²) >= 11 is 0. The molecular formula is C28H31N3O5S. The molecule has 1 aliphatic heterocycles. The molecule has 1 heterocycles. The average Bonchev–Trinajstić information content (AvgIpc) is 3.45. The van der Waals surface area contributed by atoms with Gasteiger partial charge >= 0.3 is 0 Å². The molecule has 194 valence electrons. The lowest BCUT2D eigenvalue weighted by Gasteiger charge is -2.15. The Hall–Kier alpha value is -3.69. The molecule has 0 bridgehead atoms. The van der Waals surface area contributed by atoms with E-state index < -0.39 is 15.9 Å². The van der Waals surface area contributed by atoms with Crippen LogP contribution in [-0.4, -0.2) is 51.9 Å². The number of carbonyl (C=O) groups excluding carboxylic acids is 2. The summed E-state index contributed by atoms with van der Waals surface area (Å²) in [6.07, 6.45) is 2.96. The molecule has 8 nitrogen and oxygen atoms in total. The lowest BCUT2D eigenvalue weighted by molar-refractivity contribution is -0.129. The molecule has 37 heavy (non-hydrogen) atoms. The zero-order chi connectivity index (χ0) is 26.3. The van der Waals surface area contributed by atoms with Gasteiger partial charge in [0, 0.05) is 30.9 Å². The number of amides is 2. The molecule has 2 N–H and O–H groups in total. The van der Waals surface area contributed by atoms with Gasteiger partial charge in [-0.3, -0.25) is 9.59 Å². The Labute approximate surface area is 217 Å². The first kappa shape index (κ1) is 26.4. The van der Waals surface area contributed by atoms with Crippen molar-refractivity contribution in [2.24, 2.45) is 0 Å². The number of methoxy groups -OCH3 is 1. The number of rotatable bonds is 10. The van der Waals surface area contributed by atoms with E-state index >= 15 is 0 Å². The van der Waals surface area contributed by atoms with Crippen LogP contribution in [0.1, 0.15) is 34.3 Å². The van der Waals surface area contributed by atoms with Crippen LogP contribution in [0.5, 0.6) is 5.75 Å². The number of sulfonamides is 1. The zero-order valence-electron chi connectivity index (χ0n) is 20.8. The molecule has 1 aliphatic rings. The van der Waals surface area contributed by atoms with E-state index in [2.05, 4.69) is 10.0 Å². The summed E-state index contributed by atoms with van der Waals surface area (Å²) in [6, 6.07) is 20.9. The molecule has 1 saturated heterocycles. The molecule has 0 saturated carbocycles. The number of carbonyl (C=O) groups is 2. The maximum Gasteiger partial charge on any atom is 0.255 e. The average molecular weight is 522 g/mol. The van der Waals surface area contributed by atoms with Crippen molar-refractivity contribution >= 4 is 27.5 Å². The molecule has 0 unspecified atom stereocenters. The third-order valence-corrected chi connectivity index (χ3v) is 7.77. The first-order valence-corrected chi connectivity index (χ1v) is 13.7. The smallest absolute Gasteiger partial charge is 0.255 e. The Morgan fingerprint density at radius 2 is 1.62 bits per heavy atom.